The summed E-state index contributed by atoms with van der Waals surface area (Å²) in [6, 6.07) is 10.5. The Labute approximate surface area is 122 Å². The van der Waals surface area contributed by atoms with E-state index in [1.165, 1.54) is 22.3 Å². The summed E-state index contributed by atoms with van der Waals surface area (Å²) in [4.78, 5) is 0. The third kappa shape index (κ3) is 2.51. The summed E-state index contributed by atoms with van der Waals surface area (Å²) in [5.41, 5.74) is 7.07. The van der Waals surface area contributed by atoms with Crippen molar-refractivity contribution in [3.05, 3.63) is 69.3 Å². The monoisotopic (exact) mass is 268 g/mol. The van der Waals surface area contributed by atoms with E-state index in [4.69, 9.17) is 0 Å². The van der Waals surface area contributed by atoms with Crippen molar-refractivity contribution in [3.8, 4) is 0 Å². The van der Waals surface area contributed by atoms with E-state index in [1.54, 1.807) is 0 Å². The summed E-state index contributed by atoms with van der Waals surface area (Å²) in [5, 5.41) is 11.1. The predicted octanol–water partition coefficient (Wildman–Crippen LogP) is 4.48. The molecule has 106 valence electrons. The van der Waals surface area contributed by atoms with E-state index >= 15 is 0 Å². The third-order valence-corrected chi connectivity index (χ3v) is 4.43. The van der Waals surface area contributed by atoms with Gasteiger partial charge < -0.3 is 5.11 Å². The van der Waals surface area contributed by atoms with E-state index in [0.29, 0.717) is 0 Å². The summed E-state index contributed by atoms with van der Waals surface area (Å²) in [6.07, 6.45) is 0. The number of benzene rings is 2. The fourth-order valence-electron chi connectivity index (χ4n) is 2.68. The summed E-state index contributed by atoms with van der Waals surface area (Å²) in [6.45, 7) is 12.3. The Hall–Kier alpha value is -1.60. The van der Waals surface area contributed by atoms with Crippen LogP contribution in [0.4, 0.5) is 0 Å². The van der Waals surface area contributed by atoms with Crippen molar-refractivity contribution in [2.24, 2.45) is 0 Å². The number of rotatable bonds is 2. The van der Waals surface area contributed by atoms with Crippen LogP contribution in [0.15, 0.2) is 30.3 Å². The maximum Gasteiger partial charge on any atom is 0.112 e. The first kappa shape index (κ1) is 14.8. The molecule has 0 aliphatic heterocycles. The van der Waals surface area contributed by atoms with Gasteiger partial charge in [0.05, 0.1) is 0 Å². The van der Waals surface area contributed by atoms with Gasteiger partial charge in [-0.2, -0.15) is 0 Å². The first-order chi connectivity index (χ1) is 9.23. The first-order valence-electron chi connectivity index (χ1n) is 7.12. The molecule has 0 aliphatic carbocycles. The zero-order valence-electron chi connectivity index (χ0n) is 13.3. The fourth-order valence-corrected chi connectivity index (χ4v) is 2.68. The van der Waals surface area contributed by atoms with Crippen LogP contribution < -0.4 is 0 Å². The average molecular weight is 268 g/mol. The molecule has 2 aromatic carbocycles. The van der Waals surface area contributed by atoms with Gasteiger partial charge in [-0.25, -0.2) is 0 Å². The predicted molar refractivity (Wildman–Crippen MR) is 85.2 cm³/mol. The number of hydrogen-bond acceptors (Lipinski definition) is 1. The summed E-state index contributed by atoms with van der Waals surface area (Å²) >= 11 is 0. The van der Waals surface area contributed by atoms with Gasteiger partial charge in [-0.05, 0) is 80.5 Å². The normalized spacial score (nSPS) is 14.2. The molecule has 0 aliphatic rings. The minimum Gasteiger partial charge on any atom is -0.381 e. The smallest absolute Gasteiger partial charge is 0.112 e. The Balaban J connectivity index is 2.59. The highest BCUT2D eigenvalue weighted by atomic mass is 16.3. The summed E-state index contributed by atoms with van der Waals surface area (Å²) < 4.78 is 0. The van der Waals surface area contributed by atoms with Crippen LogP contribution in [0.3, 0.4) is 0 Å². The molecule has 1 N–H and O–H groups in total. The van der Waals surface area contributed by atoms with Crippen LogP contribution in [-0.2, 0) is 5.60 Å². The molecule has 1 heteroatoms. The third-order valence-electron chi connectivity index (χ3n) is 4.43. The van der Waals surface area contributed by atoms with Gasteiger partial charge in [0.25, 0.3) is 0 Å². The summed E-state index contributed by atoms with van der Waals surface area (Å²) in [7, 11) is 0. The highest BCUT2D eigenvalue weighted by Gasteiger charge is 2.28. The fraction of sp³-hybridized carbons (Fsp3) is 0.368. The minimum atomic E-state index is -0.957. The lowest BCUT2D eigenvalue weighted by Crippen LogP contribution is -2.24. The number of aryl methyl sites for hydroxylation is 5. The van der Waals surface area contributed by atoms with E-state index in [9.17, 15) is 5.11 Å². The Morgan fingerprint density at radius 3 is 1.85 bits per heavy atom. The van der Waals surface area contributed by atoms with Gasteiger partial charge in [-0.3, -0.25) is 0 Å². The highest BCUT2D eigenvalue weighted by Crippen LogP contribution is 2.33. The molecule has 0 amide bonds. The molecule has 0 bridgehead atoms. The van der Waals surface area contributed by atoms with E-state index in [2.05, 4.69) is 58.9 Å². The van der Waals surface area contributed by atoms with Crippen molar-refractivity contribution in [3.63, 3.8) is 0 Å². The van der Waals surface area contributed by atoms with Crippen molar-refractivity contribution < 1.29 is 5.11 Å². The lowest BCUT2D eigenvalue weighted by molar-refractivity contribution is 0.101. The molecule has 0 spiro atoms. The minimum absolute atomic E-state index is 0.951. The largest absolute Gasteiger partial charge is 0.381 e. The molecule has 2 rings (SSSR count). The standard InChI is InChI=1S/C19H24O/c1-12-7-8-17(10-14(12)3)19(6,20)18-11-15(4)13(2)9-16(18)5/h7-11,20H,1-6H3. The van der Waals surface area contributed by atoms with Crippen LogP contribution in [0.2, 0.25) is 0 Å². The molecular weight excluding hydrogens is 244 g/mol. The maximum atomic E-state index is 11.1. The quantitative estimate of drug-likeness (QED) is 0.851. The second kappa shape index (κ2) is 5.06. The van der Waals surface area contributed by atoms with Crippen LogP contribution >= 0.6 is 0 Å². The van der Waals surface area contributed by atoms with E-state index < -0.39 is 5.60 Å². The van der Waals surface area contributed by atoms with Gasteiger partial charge in [0, 0.05) is 0 Å². The lowest BCUT2D eigenvalue weighted by atomic mass is 9.83. The topological polar surface area (TPSA) is 20.2 Å². The zero-order chi connectivity index (χ0) is 15.1. The van der Waals surface area contributed by atoms with Crippen LogP contribution in [0.25, 0.3) is 0 Å². The Morgan fingerprint density at radius 2 is 1.25 bits per heavy atom. The average Bonchev–Trinajstić information content (AvgIpc) is 2.36. The van der Waals surface area contributed by atoms with Gasteiger partial charge in [0.15, 0.2) is 0 Å². The molecule has 20 heavy (non-hydrogen) atoms. The lowest BCUT2D eigenvalue weighted by Gasteiger charge is -2.28. The molecule has 0 saturated carbocycles. The van der Waals surface area contributed by atoms with Crippen molar-refractivity contribution in [1.82, 2.24) is 0 Å². The number of aliphatic hydroxyl groups is 1. The van der Waals surface area contributed by atoms with Gasteiger partial charge >= 0.3 is 0 Å². The molecule has 2 aromatic rings. The molecule has 0 heterocycles. The molecule has 0 fully saturated rings. The van der Waals surface area contributed by atoms with Crippen molar-refractivity contribution in [1.29, 1.82) is 0 Å². The molecule has 1 atom stereocenters. The molecular formula is C19H24O. The molecule has 0 saturated heterocycles. The van der Waals surface area contributed by atoms with Gasteiger partial charge in [0.2, 0.25) is 0 Å². The summed E-state index contributed by atoms with van der Waals surface area (Å²) in [5.74, 6) is 0. The van der Waals surface area contributed by atoms with Crippen LogP contribution in [0.5, 0.6) is 0 Å². The van der Waals surface area contributed by atoms with Gasteiger partial charge in [0.1, 0.15) is 5.60 Å². The second-order valence-corrected chi connectivity index (χ2v) is 6.12. The highest BCUT2D eigenvalue weighted by molar-refractivity contribution is 5.46. The van der Waals surface area contributed by atoms with Crippen molar-refractivity contribution in [2.75, 3.05) is 0 Å². The Bertz CT molecular complexity index is 651. The van der Waals surface area contributed by atoms with Gasteiger partial charge in [-0.15, -0.1) is 0 Å². The Morgan fingerprint density at radius 1 is 0.700 bits per heavy atom. The maximum absolute atomic E-state index is 11.1. The Kier molecular flexibility index (Phi) is 3.75. The van der Waals surface area contributed by atoms with E-state index in [0.717, 1.165) is 16.7 Å². The van der Waals surface area contributed by atoms with E-state index in [-0.39, 0.29) is 0 Å². The SMILES string of the molecule is Cc1ccc(C(C)(O)c2cc(C)c(C)cc2C)cc1C. The molecule has 1 unspecified atom stereocenters. The van der Waals surface area contributed by atoms with Crippen LogP contribution in [0, 0.1) is 34.6 Å². The van der Waals surface area contributed by atoms with Crippen LogP contribution in [-0.4, -0.2) is 5.11 Å². The van der Waals surface area contributed by atoms with E-state index in [1.807, 2.05) is 13.0 Å². The number of hydrogen-bond donors (Lipinski definition) is 1. The molecule has 0 radical (unpaired) electrons. The zero-order valence-corrected chi connectivity index (χ0v) is 13.3. The first-order valence-corrected chi connectivity index (χ1v) is 7.12. The molecule has 1 nitrogen and oxygen atoms in total. The second-order valence-electron chi connectivity index (χ2n) is 6.12. The van der Waals surface area contributed by atoms with Crippen molar-refractivity contribution >= 4 is 0 Å². The molecule has 0 aromatic heterocycles. The van der Waals surface area contributed by atoms with Gasteiger partial charge in [-0.1, -0.05) is 30.3 Å². The van der Waals surface area contributed by atoms with Crippen LogP contribution in [0.1, 0.15) is 45.9 Å². The van der Waals surface area contributed by atoms with Crippen molar-refractivity contribution in [2.45, 2.75) is 47.1 Å².